The number of aryl methyl sites for hydroxylation is 1. The third kappa shape index (κ3) is 3.64. The van der Waals surface area contributed by atoms with Crippen LogP contribution in [0.2, 0.25) is 0 Å². The number of hydrogen-bond acceptors (Lipinski definition) is 5. The molecule has 3 rings (SSSR count). The van der Waals surface area contributed by atoms with E-state index in [1.54, 1.807) is 20.1 Å². The third-order valence-electron chi connectivity index (χ3n) is 4.04. The van der Waals surface area contributed by atoms with Gasteiger partial charge >= 0.3 is 0 Å². The van der Waals surface area contributed by atoms with E-state index in [1.807, 2.05) is 18.2 Å². The number of methoxy groups -OCH3 is 1. The van der Waals surface area contributed by atoms with Crippen LogP contribution < -0.4 is 15.0 Å². The lowest BCUT2D eigenvalue weighted by atomic mass is 10.0. The number of rotatable bonds is 4. The topological polar surface area (TPSA) is 67.6 Å². The van der Waals surface area contributed by atoms with Crippen LogP contribution >= 0.6 is 0 Å². The summed E-state index contributed by atoms with van der Waals surface area (Å²) in [4.78, 5) is 14.5. The molecule has 2 aromatic rings. The normalized spacial score (nSPS) is 17.8. The van der Waals surface area contributed by atoms with Gasteiger partial charge in [0.1, 0.15) is 11.5 Å². The van der Waals surface area contributed by atoms with E-state index in [0.29, 0.717) is 11.5 Å². The second-order valence-corrected chi connectivity index (χ2v) is 5.78. The number of piperidine rings is 1. The molecule has 0 saturated carbocycles. The predicted octanol–water partition coefficient (Wildman–Crippen LogP) is 2.39. The van der Waals surface area contributed by atoms with Crippen molar-refractivity contribution in [3.05, 3.63) is 41.8 Å². The molecule has 6 heteroatoms. The van der Waals surface area contributed by atoms with E-state index in [2.05, 4.69) is 21.4 Å². The number of benzene rings is 1. The van der Waals surface area contributed by atoms with Gasteiger partial charge in [-0.15, -0.1) is 0 Å². The molecule has 1 saturated heterocycles. The largest absolute Gasteiger partial charge is 0.497 e. The van der Waals surface area contributed by atoms with Gasteiger partial charge in [-0.25, -0.2) is 0 Å². The number of carbonyl (C=O) groups excluding carboxylic acids is 1. The summed E-state index contributed by atoms with van der Waals surface area (Å²) in [5.74, 6) is 1.29. The fourth-order valence-electron chi connectivity index (χ4n) is 2.87. The van der Waals surface area contributed by atoms with Crippen LogP contribution in [0.15, 0.2) is 34.9 Å². The molecule has 122 valence electrons. The van der Waals surface area contributed by atoms with Crippen molar-refractivity contribution in [3.8, 4) is 5.75 Å². The zero-order valence-corrected chi connectivity index (χ0v) is 13.4. The molecule has 1 aliphatic heterocycles. The van der Waals surface area contributed by atoms with Crippen LogP contribution in [0.3, 0.4) is 0 Å². The predicted molar refractivity (Wildman–Crippen MR) is 86.9 cm³/mol. The van der Waals surface area contributed by atoms with Crippen LogP contribution in [-0.2, 0) is 0 Å². The molecule has 6 nitrogen and oxygen atoms in total. The Hall–Kier alpha value is -2.50. The maximum Gasteiger partial charge on any atom is 0.273 e. The molecule has 2 heterocycles. The summed E-state index contributed by atoms with van der Waals surface area (Å²) in [6, 6.07) is 9.74. The molecule has 0 aliphatic carbocycles. The molecule has 0 radical (unpaired) electrons. The number of amides is 1. The van der Waals surface area contributed by atoms with Gasteiger partial charge in [0, 0.05) is 37.0 Å². The Bertz CT molecular complexity index is 683. The third-order valence-corrected chi connectivity index (χ3v) is 4.04. The molecule has 0 bridgehead atoms. The highest BCUT2D eigenvalue weighted by Gasteiger charge is 2.23. The van der Waals surface area contributed by atoms with Crippen molar-refractivity contribution in [1.82, 2.24) is 10.5 Å². The Morgan fingerprint density at radius 2 is 2.30 bits per heavy atom. The highest BCUT2D eigenvalue weighted by molar-refractivity contribution is 5.92. The van der Waals surface area contributed by atoms with Gasteiger partial charge in [-0.2, -0.15) is 0 Å². The van der Waals surface area contributed by atoms with Crippen molar-refractivity contribution >= 4 is 11.6 Å². The first-order valence-electron chi connectivity index (χ1n) is 7.79. The number of nitrogens with one attached hydrogen (secondary N) is 1. The van der Waals surface area contributed by atoms with E-state index < -0.39 is 0 Å². The zero-order chi connectivity index (χ0) is 16.2. The molecule has 1 N–H and O–H groups in total. The number of anilines is 1. The summed E-state index contributed by atoms with van der Waals surface area (Å²) >= 11 is 0. The molecule has 1 atom stereocenters. The Morgan fingerprint density at radius 1 is 1.43 bits per heavy atom. The van der Waals surface area contributed by atoms with Gasteiger partial charge in [0.2, 0.25) is 0 Å². The highest BCUT2D eigenvalue weighted by Crippen LogP contribution is 2.24. The van der Waals surface area contributed by atoms with Crippen LogP contribution in [0.5, 0.6) is 5.75 Å². The fourth-order valence-corrected chi connectivity index (χ4v) is 2.87. The molecule has 1 fully saturated rings. The minimum absolute atomic E-state index is 0.0967. The smallest absolute Gasteiger partial charge is 0.273 e. The first-order valence-corrected chi connectivity index (χ1v) is 7.79. The SMILES string of the molecule is COc1cccc(N2CCC[C@H](NC(=O)c3cc(C)on3)C2)c1. The monoisotopic (exact) mass is 315 g/mol. The Labute approximate surface area is 135 Å². The van der Waals surface area contributed by atoms with Crippen molar-refractivity contribution in [2.24, 2.45) is 0 Å². The lowest BCUT2D eigenvalue weighted by Crippen LogP contribution is -2.47. The van der Waals surface area contributed by atoms with Crippen molar-refractivity contribution in [2.45, 2.75) is 25.8 Å². The zero-order valence-electron chi connectivity index (χ0n) is 13.4. The molecule has 1 aliphatic rings. The molecule has 0 unspecified atom stereocenters. The first kappa shape index (κ1) is 15.4. The molecule has 1 amide bonds. The molecular formula is C17H21N3O3. The van der Waals surface area contributed by atoms with Crippen LogP contribution in [0, 0.1) is 6.92 Å². The maximum absolute atomic E-state index is 12.2. The minimum Gasteiger partial charge on any atom is -0.497 e. The number of hydrogen-bond donors (Lipinski definition) is 1. The second kappa shape index (κ2) is 6.73. The van der Waals surface area contributed by atoms with E-state index >= 15 is 0 Å². The lowest BCUT2D eigenvalue weighted by Gasteiger charge is -2.34. The molecule has 1 aromatic heterocycles. The van der Waals surface area contributed by atoms with Gasteiger partial charge in [0.15, 0.2) is 5.69 Å². The summed E-state index contributed by atoms with van der Waals surface area (Å²) in [6.45, 7) is 3.52. The van der Waals surface area contributed by atoms with E-state index in [9.17, 15) is 4.79 Å². The van der Waals surface area contributed by atoms with Gasteiger partial charge in [0.25, 0.3) is 5.91 Å². The second-order valence-electron chi connectivity index (χ2n) is 5.78. The molecule has 0 spiro atoms. The lowest BCUT2D eigenvalue weighted by molar-refractivity contribution is 0.0924. The maximum atomic E-state index is 12.2. The fraction of sp³-hybridized carbons (Fsp3) is 0.412. The average molecular weight is 315 g/mol. The summed E-state index contributed by atoms with van der Waals surface area (Å²) in [7, 11) is 1.66. The van der Waals surface area contributed by atoms with Crippen molar-refractivity contribution < 1.29 is 14.1 Å². The summed E-state index contributed by atoms with van der Waals surface area (Å²) in [5, 5.41) is 6.81. The summed E-state index contributed by atoms with van der Waals surface area (Å²) < 4.78 is 10.2. The van der Waals surface area contributed by atoms with Gasteiger partial charge in [-0.3, -0.25) is 4.79 Å². The van der Waals surface area contributed by atoms with Crippen molar-refractivity contribution in [1.29, 1.82) is 0 Å². The van der Waals surface area contributed by atoms with Crippen molar-refractivity contribution in [2.75, 3.05) is 25.1 Å². The number of aromatic nitrogens is 1. The molecular weight excluding hydrogens is 294 g/mol. The summed E-state index contributed by atoms with van der Waals surface area (Å²) in [5.41, 5.74) is 1.45. The standard InChI is InChI=1S/C17H21N3O3/c1-12-9-16(19-23-12)17(21)18-13-5-4-8-20(11-13)14-6-3-7-15(10-14)22-2/h3,6-7,9-10,13H,4-5,8,11H2,1-2H3,(H,18,21)/t13-/m0/s1. The van der Waals surface area contributed by atoms with Crippen LogP contribution in [0.1, 0.15) is 29.1 Å². The van der Waals surface area contributed by atoms with E-state index in [1.165, 1.54) is 0 Å². The van der Waals surface area contributed by atoms with Crippen LogP contribution in [0.4, 0.5) is 5.69 Å². The van der Waals surface area contributed by atoms with E-state index in [4.69, 9.17) is 9.26 Å². The molecule has 1 aromatic carbocycles. The first-order chi connectivity index (χ1) is 11.2. The Balaban J connectivity index is 1.64. The Kier molecular flexibility index (Phi) is 4.50. The average Bonchev–Trinajstić information content (AvgIpc) is 3.02. The van der Waals surface area contributed by atoms with E-state index in [0.717, 1.165) is 37.4 Å². The summed E-state index contributed by atoms with van der Waals surface area (Å²) in [6.07, 6.45) is 1.99. The highest BCUT2D eigenvalue weighted by atomic mass is 16.5. The number of nitrogens with zero attached hydrogens (tertiary/aromatic N) is 2. The van der Waals surface area contributed by atoms with Gasteiger partial charge in [-0.1, -0.05) is 11.2 Å². The van der Waals surface area contributed by atoms with Gasteiger partial charge in [-0.05, 0) is 31.9 Å². The van der Waals surface area contributed by atoms with Crippen LogP contribution in [-0.4, -0.2) is 37.3 Å². The van der Waals surface area contributed by atoms with Gasteiger partial charge in [0.05, 0.1) is 7.11 Å². The minimum atomic E-state index is -0.181. The van der Waals surface area contributed by atoms with E-state index in [-0.39, 0.29) is 11.9 Å². The quantitative estimate of drug-likeness (QED) is 0.938. The molecule has 23 heavy (non-hydrogen) atoms. The van der Waals surface area contributed by atoms with Crippen molar-refractivity contribution in [3.63, 3.8) is 0 Å². The number of carbonyl (C=O) groups is 1. The van der Waals surface area contributed by atoms with Gasteiger partial charge < -0.3 is 19.5 Å². The van der Waals surface area contributed by atoms with Crippen LogP contribution in [0.25, 0.3) is 0 Å². The Morgan fingerprint density at radius 3 is 3.04 bits per heavy atom. The number of ether oxygens (including phenoxy) is 1.